The number of nitrogens with zero attached hydrogens (tertiary/aromatic N) is 1. The summed E-state index contributed by atoms with van der Waals surface area (Å²) in [5.41, 5.74) is 5.82. The molecule has 2 N–H and O–H groups in total. The van der Waals surface area contributed by atoms with Crippen LogP contribution in [-0.4, -0.2) is 42.6 Å². The third kappa shape index (κ3) is 2.45. The zero-order chi connectivity index (χ0) is 10.7. The summed E-state index contributed by atoms with van der Waals surface area (Å²) in [6, 6.07) is -0.225. The van der Waals surface area contributed by atoms with Crippen LogP contribution in [-0.2, 0) is 9.53 Å². The molecule has 1 amide bonds. The first-order chi connectivity index (χ1) is 6.54. The molecule has 0 spiro atoms. The minimum absolute atomic E-state index is 0.0517. The van der Waals surface area contributed by atoms with E-state index in [0.717, 1.165) is 0 Å². The van der Waals surface area contributed by atoms with Crippen LogP contribution < -0.4 is 5.73 Å². The minimum atomic E-state index is -0.379. The van der Waals surface area contributed by atoms with Crippen molar-refractivity contribution < 1.29 is 9.53 Å². The molecular formula is C10H20N2O2. The van der Waals surface area contributed by atoms with Gasteiger partial charge in [0, 0.05) is 6.54 Å². The fourth-order valence-corrected chi connectivity index (χ4v) is 1.53. The van der Waals surface area contributed by atoms with Crippen LogP contribution in [0.5, 0.6) is 0 Å². The number of carbonyl (C=O) groups excluding carboxylic acids is 1. The Morgan fingerprint density at radius 1 is 1.57 bits per heavy atom. The number of hydrogen-bond acceptors (Lipinski definition) is 3. The summed E-state index contributed by atoms with van der Waals surface area (Å²) in [5, 5.41) is 0. The summed E-state index contributed by atoms with van der Waals surface area (Å²) in [6.07, 6.45) is 0. The number of morpholine rings is 1. The van der Waals surface area contributed by atoms with Crippen LogP contribution in [0.15, 0.2) is 0 Å². The van der Waals surface area contributed by atoms with Gasteiger partial charge in [0.2, 0.25) is 5.91 Å². The first-order valence-corrected chi connectivity index (χ1v) is 5.18. The monoisotopic (exact) mass is 200 g/mol. The summed E-state index contributed by atoms with van der Waals surface area (Å²) >= 11 is 0. The van der Waals surface area contributed by atoms with Gasteiger partial charge < -0.3 is 15.4 Å². The molecule has 0 aromatic carbocycles. The van der Waals surface area contributed by atoms with Gasteiger partial charge in [-0.2, -0.15) is 0 Å². The third-order valence-corrected chi connectivity index (χ3v) is 2.65. The molecule has 0 aromatic heterocycles. The second-order valence-corrected chi connectivity index (χ2v) is 4.23. The molecule has 1 saturated heterocycles. The quantitative estimate of drug-likeness (QED) is 0.693. The topological polar surface area (TPSA) is 55.6 Å². The first kappa shape index (κ1) is 11.5. The van der Waals surface area contributed by atoms with Crippen LogP contribution in [0.25, 0.3) is 0 Å². The zero-order valence-corrected chi connectivity index (χ0v) is 9.19. The van der Waals surface area contributed by atoms with Gasteiger partial charge in [-0.25, -0.2) is 0 Å². The van der Waals surface area contributed by atoms with Gasteiger partial charge >= 0.3 is 0 Å². The van der Waals surface area contributed by atoms with Gasteiger partial charge in [0.25, 0.3) is 0 Å². The predicted octanol–water partition coefficient (Wildman–Crippen LogP) is 0.217. The Morgan fingerprint density at radius 3 is 2.71 bits per heavy atom. The highest BCUT2D eigenvalue weighted by Gasteiger charge is 2.28. The number of amides is 1. The van der Waals surface area contributed by atoms with Crippen molar-refractivity contribution in [1.29, 1.82) is 0 Å². The third-order valence-electron chi connectivity index (χ3n) is 2.65. The van der Waals surface area contributed by atoms with Crippen LogP contribution in [0.4, 0.5) is 0 Å². The molecule has 0 aromatic rings. The van der Waals surface area contributed by atoms with Crippen molar-refractivity contribution in [2.24, 2.45) is 11.7 Å². The number of nitrogens with two attached hydrogens (primary N) is 1. The van der Waals surface area contributed by atoms with Crippen molar-refractivity contribution in [2.45, 2.75) is 32.9 Å². The van der Waals surface area contributed by atoms with Gasteiger partial charge in [0.15, 0.2) is 0 Å². The highest BCUT2D eigenvalue weighted by molar-refractivity contribution is 5.82. The van der Waals surface area contributed by atoms with E-state index in [-0.39, 0.29) is 23.9 Å². The largest absolute Gasteiger partial charge is 0.377 e. The highest BCUT2D eigenvalue weighted by atomic mass is 16.5. The van der Waals surface area contributed by atoms with Gasteiger partial charge in [-0.05, 0) is 12.8 Å². The molecule has 14 heavy (non-hydrogen) atoms. The normalized spacial score (nSPS) is 25.2. The van der Waals surface area contributed by atoms with Gasteiger partial charge in [0.05, 0.1) is 25.3 Å². The Labute approximate surface area is 85.4 Å². The Hall–Kier alpha value is -0.610. The average Bonchev–Trinajstić information content (AvgIpc) is 2.16. The second kappa shape index (κ2) is 4.75. The Bertz CT molecular complexity index is 206. The maximum absolute atomic E-state index is 11.9. The number of carbonyl (C=O) groups is 1. The zero-order valence-electron chi connectivity index (χ0n) is 9.19. The molecule has 0 saturated carbocycles. The van der Waals surface area contributed by atoms with E-state index in [2.05, 4.69) is 0 Å². The summed E-state index contributed by atoms with van der Waals surface area (Å²) in [5.74, 6) is 0.244. The summed E-state index contributed by atoms with van der Waals surface area (Å²) < 4.78 is 5.27. The van der Waals surface area contributed by atoms with Gasteiger partial charge in [0.1, 0.15) is 0 Å². The molecule has 82 valence electrons. The Morgan fingerprint density at radius 2 is 2.21 bits per heavy atom. The number of hydrogen-bond donors (Lipinski definition) is 1. The number of rotatable bonds is 2. The van der Waals surface area contributed by atoms with E-state index in [9.17, 15) is 4.79 Å². The molecule has 1 heterocycles. The van der Waals surface area contributed by atoms with Crippen LogP contribution >= 0.6 is 0 Å². The summed E-state index contributed by atoms with van der Waals surface area (Å²) in [6.45, 7) is 7.84. The van der Waals surface area contributed by atoms with E-state index in [1.54, 1.807) is 0 Å². The molecule has 0 aliphatic carbocycles. The first-order valence-electron chi connectivity index (χ1n) is 5.18. The maximum Gasteiger partial charge on any atom is 0.240 e. The van der Waals surface area contributed by atoms with Crippen molar-refractivity contribution in [1.82, 2.24) is 4.90 Å². The van der Waals surface area contributed by atoms with Gasteiger partial charge in [-0.1, -0.05) is 13.8 Å². The maximum atomic E-state index is 11.9. The standard InChI is InChI=1S/C10H20N2O2/c1-7(2)9(11)10(13)12-4-5-14-6-8(12)3/h7-9H,4-6,11H2,1-3H3/t8?,9-/m1/s1. The fourth-order valence-electron chi connectivity index (χ4n) is 1.53. The van der Waals surface area contributed by atoms with Crippen molar-refractivity contribution in [3.05, 3.63) is 0 Å². The molecule has 1 rings (SSSR count). The van der Waals surface area contributed by atoms with Gasteiger partial charge in [-0.3, -0.25) is 4.79 Å². The Balaban J connectivity index is 2.58. The summed E-state index contributed by atoms with van der Waals surface area (Å²) in [4.78, 5) is 13.7. The Kier molecular flexibility index (Phi) is 3.89. The lowest BCUT2D eigenvalue weighted by Crippen LogP contribution is -2.54. The van der Waals surface area contributed by atoms with E-state index in [1.165, 1.54) is 0 Å². The van der Waals surface area contributed by atoms with E-state index >= 15 is 0 Å². The molecule has 2 atom stereocenters. The second-order valence-electron chi connectivity index (χ2n) is 4.23. The van der Waals surface area contributed by atoms with Crippen LogP contribution in [0.1, 0.15) is 20.8 Å². The lowest BCUT2D eigenvalue weighted by Gasteiger charge is -2.35. The molecule has 0 bridgehead atoms. The SMILES string of the molecule is CC(C)[C@@H](N)C(=O)N1CCOCC1C. The van der Waals surface area contributed by atoms with Gasteiger partial charge in [-0.15, -0.1) is 0 Å². The van der Waals surface area contributed by atoms with Crippen LogP contribution in [0, 0.1) is 5.92 Å². The lowest BCUT2D eigenvalue weighted by molar-refractivity contribution is -0.141. The molecule has 1 aliphatic rings. The van der Waals surface area contributed by atoms with Crippen molar-refractivity contribution in [2.75, 3.05) is 19.8 Å². The molecule has 0 radical (unpaired) electrons. The van der Waals surface area contributed by atoms with E-state index in [1.807, 2.05) is 25.7 Å². The van der Waals surface area contributed by atoms with Crippen molar-refractivity contribution >= 4 is 5.91 Å². The number of ether oxygens (including phenoxy) is 1. The molecule has 4 heteroatoms. The van der Waals surface area contributed by atoms with E-state index in [0.29, 0.717) is 19.8 Å². The summed E-state index contributed by atoms with van der Waals surface area (Å²) in [7, 11) is 0. The van der Waals surface area contributed by atoms with Crippen LogP contribution in [0.2, 0.25) is 0 Å². The van der Waals surface area contributed by atoms with Crippen molar-refractivity contribution in [3.63, 3.8) is 0 Å². The van der Waals surface area contributed by atoms with Crippen molar-refractivity contribution in [3.8, 4) is 0 Å². The van der Waals surface area contributed by atoms with Crippen LogP contribution in [0.3, 0.4) is 0 Å². The molecule has 4 nitrogen and oxygen atoms in total. The van der Waals surface area contributed by atoms with E-state index in [4.69, 9.17) is 10.5 Å². The minimum Gasteiger partial charge on any atom is -0.377 e. The highest BCUT2D eigenvalue weighted by Crippen LogP contribution is 2.10. The lowest BCUT2D eigenvalue weighted by atomic mass is 10.0. The smallest absolute Gasteiger partial charge is 0.240 e. The van der Waals surface area contributed by atoms with E-state index < -0.39 is 0 Å². The molecule has 1 fully saturated rings. The average molecular weight is 200 g/mol. The molecule has 1 aliphatic heterocycles. The molecular weight excluding hydrogens is 180 g/mol. The predicted molar refractivity (Wildman–Crippen MR) is 54.8 cm³/mol. The molecule has 1 unspecified atom stereocenters. The fraction of sp³-hybridized carbons (Fsp3) is 0.900.